The van der Waals surface area contributed by atoms with Crippen LogP contribution >= 0.6 is 23.3 Å². The summed E-state index contributed by atoms with van der Waals surface area (Å²) >= 11 is 2.61. The number of nitrogens with zero attached hydrogens (tertiary/aromatic N) is 2. The van der Waals surface area contributed by atoms with Crippen LogP contribution in [0.25, 0.3) is 0 Å². The van der Waals surface area contributed by atoms with Gasteiger partial charge in [0.25, 0.3) is 0 Å². The Morgan fingerprint density at radius 3 is 2.94 bits per heavy atom. The predicted molar refractivity (Wildman–Crippen MR) is 68.4 cm³/mol. The number of benzene rings is 1. The van der Waals surface area contributed by atoms with E-state index in [1.807, 2.05) is 30.5 Å². The van der Waals surface area contributed by atoms with Gasteiger partial charge in [0, 0.05) is 16.4 Å². The summed E-state index contributed by atoms with van der Waals surface area (Å²) in [7, 11) is 0. The first kappa shape index (κ1) is 11.9. The van der Waals surface area contributed by atoms with Crippen LogP contribution in [-0.4, -0.2) is 26.9 Å². The molecule has 0 saturated heterocycles. The molecule has 1 aromatic heterocycles. The first-order valence-corrected chi connectivity index (χ1v) is 6.68. The standard InChI is InChI=1S/C10H9N3O2S2/c1-16-7-5-3-2-4-6(7)11-9-8(10(14)15)12-13-17-9/h2-5,11H,1H3,(H,14,15). The van der Waals surface area contributed by atoms with Crippen molar-refractivity contribution in [1.82, 2.24) is 9.59 Å². The van der Waals surface area contributed by atoms with Crippen LogP contribution in [0, 0.1) is 0 Å². The Balaban J connectivity index is 2.31. The molecule has 5 nitrogen and oxygen atoms in total. The van der Waals surface area contributed by atoms with Gasteiger partial charge in [0.2, 0.25) is 5.69 Å². The molecule has 0 radical (unpaired) electrons. The number of thioether (sulfide) groups is 1. The quantitative estimate of drug-likeness (QED) is 0.830. The fourth-order valence-corrected chi connectivity index (χ4v) is 2.41. The van der Waals surface area contributed by atoms with Crippen LogP contribution < -0.4 is 5.32 Å². The SMILES string of the molecule is CSc1ccccc1Nc1snnc1C(=O)O. The normalized spacial score (nSPS) is 10.2. The number of aromatic carboxylic acids is 1. The molecule has 0 atom stereocenters. The smallest absolute Gasteiger partial charge is 0.359 e. The van der Waals surface area contributed by atoms with Crippen molar-refractivity contribution < 1.29 is 9.90 Å². The molecular formula is C10H9N3O2S2. The second-order valence-corrected chi connectivity index (χ2v) is 4.68. The van der Waals surface area contributed by atoms with E-state index in [1.54, 1.807) is 11.8 Å². The van der Waals surface area contributed by atoms with E-state index in [1.165, 1.54) is 0 Å². The number of nitrogens with one attached hydrogen (secondary N) is 1. The molecule has 0 aliphatic heterocycles. The summed E-state index contributed by atoms with van der Waals surface area (Å²) in [4.78, 5) is 11.9. The molecule has 0 saturated carbocycles. The molecule has 0 amide bonds. The molecular weight excluding hydrogens is 258 g/mol. The molecule has 0 aliphatic carbocycles. The van der Waals surface area contributed by atoms with Crippen LogP contribution in [0.15, 0.2) is 29.2 Å². The van der Waals surface area contributed by atoms with E-state index in [0.29, 0.717) is 5.00 Å². The van der Waals surface area contributed by atoms with Crippen LogP contribution in [0.4, 0.5) is 10.7 Å². The topological polar surface area (TPSA) is 75.1 Å². The zero-order valence-electron chi connectivity index (χ0n) is 8.88. The maximum absolute atomic E-state index is 10.9. The van der Waals surface area contributed by atoms with Gasteiger partial charge in [-0.3, -0.25) is 0 Å². The van der Waals surface area contributed by atoms with Crippen molar-refractivity contribution in [2.24, 2.45) is 0 Å². The van der Waals surface area contributed by atoms with E-state index >= 15 is 0 Å². The van der Waals surface area contributed by atoms with Gasteiger partial charge in [0.15, 0.2) is 0 Å². The zero-order valence-corrected chi connectivity index (χ0v) is 10.5. The highest BCUT2D eigenvalue weighted by Gasteiger charge is 2.15. The Morgan fingerprint density at radius 2 is 2.24 bits per heavy atom. The fourth-order valence-electron chi connectivity index (χ4n) is 1.28. The van der Waals surface area contributed by atoms with E-state index in [4.69, 9.17) is 5.11 Å². The molecule has 0 bridgehead atoms. The van der Waals surface area contributed by atoms with Gasteiger partial charge < -0.3 is 10.4 Å². The number of anilines is 2. The minimum Gasteiger partial charge on any atom is -0.476 e. The van der Waals surface area contributed by atoms with Gasteiger partial charge in [-0.1, -0.05) is 16.6 Å². The van der Waals surface area contributed by atoms with Gasteiger partial charge >= 0.3 is 5.97 Å². The van der Waals surface area contributed by atoms with Crippen molar-refractivity contribution in [3.8, 4) is 0 Å². The Morgan fingerprint density at radius 1 is 1.47 bits per heavy atom. The van der Waals surface area contributed by atoms with E-state index in [-0.39, 0.29) is 5.69 Å². The summed E-state index contributed by atoms with van der Waals surface area (Å²) in [5.41, 5.74) is 0.805. The molecule has 0 fully saturated rings. The number of para-hydroxylation sites is 1. The van der Waals surface area contributed by atoms with Crippen molar-refractivity contribution in [2.75, 3.05) is 11.6 Å². The van der Waals surface area contributed by atoms with Gasteiger partial charge in [-0.25, -0.2) is 4.79 Å². The molecule has 88 valence electrons. The van der Waals surface area contributed by atoms with Gasteiger partial charge in [-0.05, 0) is 18.4 Å². The van der Waals surface area contributed by atoms with Gasteiger partial charge in [0.1, 0.15) is 5.00 Å². The van der Waals surface area contributed by atoms with Crippen LogP contribution in [-0.2, 0) is 0 Å². The maximum Gasteiger partial charge on any atom is 0.359 e. The second-order valence-electron chi connectivity index (χ2n) is 3.08. The molecule has 0 unspecified atom stereocenters. The lowest BCUT2D eigenvalue weighted by molar-refractivity contribution is 0.0691. The monoisotopic (exact) mass is 267 g/mol. The van der Waals surface area contributed by atoms with Crippen molar-refractivity contribution >= 4 is 40.0 Å². The molecule has 1 aromatic carbocycles. The van der Waals surface area contributed by atoms with E-state index in [0.717, 1.165) is 22.1 Å². The van der Waals surface area contributed by atoms with Gasteiger partial charge in [-0.2, -0.15) is 0 Å². The Bertz CT molecular complexity index is 542. The lowest BCUT2D eigenvalue weighted by atomic mass is 10.3. The van der Waals surface area contributed by atoms with Gasteiger partial charge in [0.05, 0.1) is 5.69 Å². The summed E-state index contributed by atoms with van der Waals surface area (Å²) in [5, 5.41) is 16.0. The van der Waals surface area contributed by atoms with Crippen molar-refractivity contribution in [2.45, 2.75) is 4.90 Å². The number of aromatic nitrogens is 2. The molecule has 2 aromatic rings. The highest BCUT2D eigenvalue weighted by molar-refractivity contribution is 7.98. The lowest BCUT2D eigenvalue weighted by Gasteiger charge is -2.07. The molecule has 0 aliphatic rings. The first-order chi connectivity index (χ1) is 8.22. The van der Waals surface area contributed by atoms with Crippen molar-refractivity contribution in [3.63, 3.8) is 0 Å². The summed E-state index contributed by atoms with van der Waals surface area (Å²) in [6.07, 6.45) is 1.96. The van der Waals surface area contributed by atoms with E-state index in [9.17, 15) is 4.79 Å². The number of hydrogen-bond donors (Lipinski definition) is 2. The number of carboxylic acids is 1. The van der Waals surface area contributed by atoms with Crippen molar-refractivity contribution in [1.29, 1.82) is 0 Å². The van der Waals surface area contributed by atoms with Crippen LogP contribution in [0.5, 0.6) is 0 Å². The molecule has 7 heteroatoms. The number of carboxylic acid groups (broad SMARTS) is 1. The maximum atomic E-state index is 10.9. The Kier molecular flexibility index (Phi) is 3.60. The number of rotatable bonds is 4. The Hall–Kier alpha value is -1.60. The molecule has 1 heterocycles. The minimum absolute atomic E-state index is 0.0501. The summed E-state index contributed by atoms with van der Waals surface area (Å²) in [6.45, 7) is 0. The summed E-state index contributed by atoms with van der Waals surface area (Å²) < 4.78 is 3.64. The van der Waals surface area contributed by atoms with Crippen molar-refractivity contribution in [3.05, 3.63) is 30.0 Å². The molecule has 2 rings (SSSR count). The van der Waals surface area contributed by atoms with Crippen LogP contribution in [0.1, 0.15) is 10.5 Å². The average Bonchev–Trinajstić information content (AvgIpc) is 2.78. The molecule has 2 N–H and O–H groups in total. The van der Waals surface area contributed by atoms with E-state index in [2.05, 4.69) is 14.9 Å². The third-order valence-corrected chi connectivity index (χ3v) is 3.48. The van der Waals surface area contributed by atoms with Gasteiger partial charge in [-0.15, -0.1) is 16.9 Å². The number of hydrogen-bond acceptors (Lipinski definition) is 6. The lowest BCUT2D eigenvalue weighted by Crippen LogP contribution is -2.01. The third-order valence-electron chi connectivity index (χ3n) is 2.05. The van der Waals surface area contributed by atoms with Crippen LogP contribution in [0.2, 0.25) is 0 Å². The number of carbonyl (C=O) groups is 1. The zero-order chi connectivity index (χ0) is 12.3. The summed E-state index contributed by atoms with van der Waals surface area (Å²) in [6, 6.07) is 7.66. The highest BCUT2D eigenvalue weighted by atomic mass is 32.2. The molecule has 17 heavy (non-hydrogen) atoms. The molecule has 0 spiro atoms. The summed E-state index contributed by atoms with van der Waals surface area (Å²) in [5.74, 6) is -1.08. The third kappa shape index (κ3) is 2.56. The largest absolute Gasteiger partial charge is 0.476 e. The fraction of sp³-hybridized carbons (Fsp3) is 0.100. The second kappa shape index (κ2) is 5.15. The average molecular weight is 267 g/mol. The Labute approximate surface area is 106 Å². The van der Waals surface area contributed by atoms with Crippen LogP contribution in [0.3, 0.4) is 0 Å². The highest BCUT2D eigenvalue weighted by Crippen LogP contribution is 2.30. The van der Waals surface area contributed by atoms with E-state index < -0.39 is 5.97 Å². The minimum atomic E-state index is -1.08. The predicted octanol–water partition coefficient (Wildman–Crippen LogP) is 2.70. The first-order valence-electron chi connectivity index (χ1n) is 4.68.